The zero-order valence-electron chi connectivity index (χ0n) is 8.36. The van der Waals surface area contributed by atoms with Crippen LogP contribution in [0.2, 0.25) is 0 Å². The summed E-state index contributed by atoms with van der Waals surface area (Å²) in [6.07, 6.45) is 0. The van der Waals surface area contributed by atoms with Gasteiger partial charge in [-0.3, -0.25) is 4.90 Å². The summed E-state index contributed by atoms with van der Waals surface area (Å²) in [4.78, 5) is 17.8. The Hall–Kier alpha value is -0.770. The predicted molar refractivity (Wildman–Crippen MR) is 50.6 cm³/mol. The molecule has 0 N–H and O–H groups in total. The van der Waals surface area contributed by atoms with E-state index in [1.807, 2.05) is 16.8 Å². The Morgan fingerprint density at radius 1 is 1.38 bits per heavy atom. The average Bonchev–Trinajstić information content (AvgIpc) is 2.42. The SMILES string of the molecule is CCN1CCN2C(=O)N(C)CC2C1. The van der Waals surface area contributed by atoms with Crippen molar-refractivity contribution in [3.05, 3.63) is 0 Å². The average molecular weight is 183 g/mol. The van der Waals surface area contributed by atoms with Gasteiger partial charge in [0.25, 0.3) is 0 Å². The number of piperazine rings is 1. The van der Waals surface area contributed by atoms with Crippen molar-refractivity contribution in [1.82, 2.24) is 14.7 Å². The number of likely N-dealkylation sites (N-methyl/N-ethyl adjacent to an activating group) is 2. The number of amides is 2. The van der Waals surface area contributed by atoms with Crippen molar-refractivity contribution in [2.45, 2.75) is 13.0 Å². The lowest BCUT2D eigenvalue weighted by Gasteiger charge is -2.35. The minimum absolute atomic E-state index is 0.209. The summed E-state index contributed by atoms with van der Waals surface area (Å²) in [5, 5.41) is 0. The van der Waals surface area contributed by atoms with E-state index in [4.69, 9.17) is 0 Å². The molecule has 2 amide bonds. The van der Waals surface area contributed by atoms with Gasteiger partial charge in [-0.05, 0) is 6.54 Å². The first-order valence-electron chi connectivity index (χ1n) is 4.96. The van der Waals surface area contributed by atoms with Gasteiger partial charge in [0.2, 0.25) is 0 Å². The normalized spacial score (nSPS) is 29.7. The summed E-state index contributed by atoms with van der Waals surface area (Å²) in [6.45, 7) is 7.16. The van der Waals surface area contributed by atoms with Gasteiger partial charge in [0.05, 0.1) is 6.04 Å². The van der Waals surface area contributed by atoms with Gasteiger partial charge in [-0.15, -0.1) is 0 Å². The zero-order chi connectivity index (χ0) is 9.42. The first-order chi connectivity index (χ1) is 6.22. The number of carbonyl (C=O) groups is 1. The van der Waals surface area contributed by atoms with E-state index in [0.717, 1.165) is 32.7 Å². The predicted octanol–water partition coefficient (Wildman–Crippen LogP) is 0.0579. The van der Waals surface area contributed by atoms with Gasteiger partial charge in [-0.1, -0.05) is 6.92 Å². The Morgan fingerprint density at radius 3 is 2.85 bits per heavy atom. The maximum atomic E-state index is 11.6. The first-order valence-corrected chi connectivity index (χ1v) is 4.96. The Bertz CT molecular complexity index is 219. The van der Waals surface area contributed by atoms with Gasteiger partial charge < -0.3 is 9.80 Å². The summed E-state index contributed by atoms with van der Waals surface area (Å²) in [6, 6.07) is 0.645. The van der Waals surface area contributed by atoms with Crippen molar-refractivity contribution < 1.29 is 4.79 Å². The third-order valence-electron chi connectivity index (χ3n) is 3.07. The number of hydrogen-bond donors (Lipinski definition) is 0. The van der Waals surface area contributed by atoms with Crippen LogP contribution in [0.15, 0.2) is 0 Å². The minimum atomic E-state index is 0.209. The molecule has 0 spiro atoms. The second-order valence-corrected chi connectivity index (χ2v) is 3.90. The molecule has 2 fully saturated rings. The molecule has 2 heterocycles. The van der Waals surface area contributed by atoms with Crippen LogP contribution < -0.4 is 0 Å². The van der Waals surface area contributed by atoms with E-state index in [-0.39, 0.29) is 6.03 Å². The molecule has 2 aliphatic heterocycles. The van der Waals surface area contributed by atoms with Crippen LogP contribution in [0.3, 0.4) is 0 Å². The molecule has 1 atom stereocenters. The Labute approximate surface area is 79.1 Å². The van der Waals surface area contributed by atoms with E-state index in [1.54, 1.807) is 0 Å². The van der Waals surface area contributed by atoms with Gasteiger partial charge >= 0.3 is 6.03 Å². The quantitative estimate of drug-likeness (QED) is 0.574. The molecule has 0 aromatic heterocycles. The lowest BCUT2D eigenvalue weighted by molar-refractivity contribution is 0.125. The van der Waals surface area contributed by atoms with E-state index in [1.165, 1.54) is 0 Å². The first kappa shape index (κ1) is 8.81. The number of nitrogens with zero attached hydrogens (tertiary/aromatic N) is 3. The maximum Gasteiger partial charge on any atom is 0.320 e. The summed E-state index contributed by atoms with van der Waals surface area (Å²) in [7, 11) is 1.89. The molecule has 2 saturated heterocycles. The molecule has 1 unspecified atom stereocenters. The molecule has 2 aliphatic rings. The molecule has 0 radical (unpaired) electrons. The molecule has 0 aromatic rings. The van der Waals surface area contributed by atoms with Crippen molar-refractivity contribution in [3.8, 4) is 0 Å². The molecule has 13 heavy (non-hydrogen) atoms. The number of carbonyl (C=O) groups excluding carboxylic acids is 1. The topological polar surface area (TPSA) is 26.8 Å². The van der Waals surface area contributed by atoms with Crippen LogP contribution in [-0.2, 0) is 0 Å². The molecule has 74 valence electrons. The highest BCUT2D eigenvalue weighted by Gasteiger charge is 2.38. The lowest BCUT2D eigenvalue weighted by Crippen LogP contribution is -2.51. The van der Waals surface area contributed by atoms with Crippen molar-refractivity contribution in [1.29, 1.82) is 0 Å². The summed E-state index contributed by atoms with van der Waals surface area (Å²) >= 11 is 0. The molecule has 0 aliphatic carbocycles. The van der Waals surface area contributed by atoms with Crippen LogP contribution in [0.1, 0.15) is 6.92 Å². The van der Waals surface area contributed by atoms with Crippen molar-refractivity contribution in [2.24, 2.45) is 0 Å². The monoisotopic (exact) mass is 183 g/mol. The Morgan fingerprint density at radius 2 is 2.15 bits per heavy atom. The molecular weight excluding hydrogens is 166 g/mol. The fraction of sp³-hybridized carbons (Fsp3) is 0.889. The van der Waals surface area contributed by atoms with Gasteiger partial charge in [0.15, 0.2) is 0 Å². The van der Waals surface area contributed by atoms with Gasteiger partial charge in [0.1, 0.15) is 0 Å². The second kappa shape index (κ2) is 3.18. The minimum Gasteiger partial charge on any atom is -0.326 e. The Kier molecular flexibility index (Phi) is 2.15. The largest absolute Gasteiger partial charge is 0.326 e. The van der Waals surface area contributed by atoms with Crippen molar-refractivity contribution in [3.63, 3.8) is 0 Å². The van der Waals surface area contributed by atoms with Crippen LogP contribution in [0.25, 0.3) is 0 Å². The number of fused-ring (bicyclic) bond motifs is 1. The molecule has 4 heteroatoms. The molecule has 0 aromatic carbocycles. The highest BCUT2D eigenvalue weighted by atomic mass is 16.2. The van der Waals surface area contributed by atoms with Crippen LogP contribution in [0, 0.1) is 0 Å². The highest BCUT2D eigenvalue weighted by molar-refractivity contribution is 5.77. The standard InChI is InChI=1S/C9H17N3O/c1-3-11-4-5-12-8(7-11)6-10(2)9(12)13/h8H,3-7H2,1-2H3. The maximum absolute atomic E-state index is 11.6. The second-order valence-electron chi connectivity index (χ2n) is 3.90. The third-order valence-corrected chi connectivity index (χ3v) is 3.07. The molecular formula is C9H17N3O. The van der Waals surface area contributed by atoms with Crippen LogP contribution in [0.4, 0.5) is 4.79 Å². The Balaban J connectivity index is 2.03. The van der Waals surface area contributed by atoms with Crippen LogP contribution in [-0.4, -0.2) is 66.5 Å². The number of hydrogen-bond acceptors (Lipinski definition) is 2. The number of urea groups is 1. The fourth-order valence-corrected chi connectivity index (χ4v) is 2.23. The van der Waals surface area contributed by atoms with Crippen molar-refractivity contribution >= 4 is 6.03 Å². The lowest BCUT2D eigenvalue weighted by atomic mass is 10.2. The molecule has 2 rings (SSSR count). The highest BCUT2D eigenvalue weighted by Crippen LogP contribution is 2.18. The van der Waals surface area contributed by atoms with Gasteiger partial charge in [0, 0.05) is 33.2 Å². The zero-order valence-corrected chi connectivity index (χ0v) is 8.36. The summed E-state index contributed by atoms with van der Waals surface area (Å²) < 4.78 is 0. The summed E-state index contributed by atoms with van der Waals surface area (Å²) in [5.74, 6) is 0. The number of rotatable bonds is 1. The smallest absolute Gasteiger partial charge is 0.320 e. The van der Waals surface area contributed by atoms with E-state index in [9.17, 15) is 4.79 Å². The molecule has 0 bridgehead atoms. The van der Waals surface area contributed by atoms with Gasteiger partial charge in [-0.2, -0.15) is 0 Å². The van der Waals surface area contributed by atoms with E-state index >= 15 is 0 Å². The van der Waals surface area contributed by atoms with E-state index in [2.05, 4.69) is 11.8 Å². The third kappa shape index (κ3) is 1.39. The van der Waals surface area contributed by atoms with E-state index < -0.39 is 0 Å². The van der Waals surface area contributed by atoms with Crippen LogP contribution >= 0.6 is 0 Å². The van der Waals surface area contributed by atoms with Gasteiger partial charge in [-0.25, -0.2) is 4.79 Å². The fourth-order valence-electron chi connectivity index (χ4n) is 2.23. The molecule has 0 saturated carbocycles. The summed E-state index contributed by atoms with van der Waals surface area (Å²) in [5.41, 5.74) is 0. The van der Waals surface area contributed by atoms with E-state index in [0.29, 0.717) is 6.04 Å². The molecule has 4 nitrogen and oxygen atoms in total. The van der Waals surface area contributed by atoms with Crippen LogP contribution in [0.5, 0.6) is 0 Å². The van der Waals surface area contributed by atoms with Crippen molar-refractivity contribution in [2.75, 3.05) is 39.8 Å².